The van der Waals surface area contributed by atoms with E-state index >= 15 is 0 Å². The highest BCUT2D eigenvalue weighted by atomic mass is 16.5. The van der Waals surface area contributed by atoms with Crippen LogP contribution in [0.15, 0.2) is 24.3 Å². The number of carbonyl (C=O) groups excluding carboxylic acids is 1. The number of carboxylic acid groups (broad SMARTS) is 1. The van der Waals surface area contributed by atoms with Crippen LogP contribution < -0.4 is 0 Å². The van der Waals surface area contributed by atoms with Crippen molar-refractivity contribution in [2.24, 2.45) is 5.92 Å². The van der Waals surface area contributed by atoms with Crippen LogP contribution in [0.25, 0.3) is 0 Å². The standard InChI is InChI=1S/C25H36N2O4/c28-23(8-5-9-24(29)30)26-18-22-7-2-1-6-21(22)16-25(19-26)12-3-4-13-27(25)17-20-10-14-31-15-11-20/h1-2,6-7,20H,3-5,8-19H2,(H,29,30). The SMILES string of the molecule is O=C(O)CCCC(=O)N1Cc2ccccc2CC2(CCCCN2CC2CCOCC2)C1. The highest BCUT2D eigenvalue weighted by Gasteiger charge is 2.43. The van der Waals surface area contributed by atoms with E-state index in [9.17, 15) is 9.59 Å². The highest BCUT2D eigenvalue weighted by Crippen LogP contribution is 2.37. The Kier molecular flexibility index (Phi) is 7.28. The van der Waals surface area contributed by atoms with Crippen molar-refractivity contribution < 1.29 is 19.4 Å². The van der Waals surface area contributed by atoms with Gasteiger partial charge in [-0.1, -0.05) is 30.7 Å². The zero-order valence-corrected chi connectivity index (χ0v) is 18.6. The summed E-state index contributed by atoms with van der Waals surface area (Å²) in [5, 5.41) is 8.96. The van der Waals surface area contributed by atoms with Gasteiger partial charge < -0.3 is 14.7 Å². The number of hydrogen-bond acceptors (Lipinski definition) is 4. The van der Waals surface area contributed by atoms with Gasteiger partial charge in [0.15, 0.2) is 0 Å². The quantitative estimate of drug-likeness (QED) is 0.751. The molecule has 1 spiro atoms. The van der Waals surface area contributed by atoms with Gasteiger partial charge in [-0.15, -0.1) is 0 Å². The van der Waals surface area contributed by atoms with E-state index in [4.69, 9.17) is 9.84 Å². The molecular weight excluding hydrogens is 392 g/mol. The van der Waals surface area contributed by atoms with Crippen LogP contribution in [-0.2, 0) is 27.3 Å². The number of nitrogens with zero attached hydrogens (tertiary/aromatic N) is 2. The van der Waals surface area contributed by atoms with E-state index in [0.29, 0.717) is 25.3 Å². The number of carbonyl (C=O) groups is 2. The lowest BCUT2D eigenvalue weighted by Crippen LogP contribution is -2.60. The van der Waals surface area contributed by atoms with Gasteiger partial charge in [0.1, 0.15) is 0 Å². The summed E-state index contributed by atoms with van der Waals surface area (Å²) in [5.41, 5.74) is 2.58. The van der Waals surface area contributed by atoms with Crippen molar-refractivity contribution in [3.8, 4) is 0 Å². The van der Waals surface area contributed by atoms with Crippen LogP contribution in [0.4, 0.5) is 0 Å². The lowest BCUT2D eigenvalue weighted by Gasteiger charge is -2.50. The molecule has 2 saturated heterocycles. The van der Waals surface area contributed by atoms with Gasteiger partial charge in [-0.25, -0.2) is 0 Å². The number of likely N-dealkylation sites (tertiary alicyclic amines) is 1. The van der Waals surface area contributed by atoms with E-state index in [1.165, 1.54) is 24.0 Å². The van der Waals surface area contributed by atoms with Crippen LogP contribution in [0.1, 0.15) is 62.5 Å². The third-order valence-corrected chi connectivity index (χ3v) is 7.43. The summed E-state index contributed by atoms with van der Waals surface area (Å²) in [4.78, 5) is 28.8. The Morgan fingerprint density at radius 2 is 1.87 bits per heavy atom. The molecule has 0 saturated carbocycles. The second-order valence-electron chi connectivity index (χ2n) is 9.63. The maximum Gasteiger partial charge on any atom is 0.303 e. The number of carboxylic acids is 1. The third kappa shape index (κ3) is 5.47. The van der Waals surface area contributed by atoms with E-state index < -0.39 is 5.97 Å². The number of fused-ring (bicyclic) bond motifs is 1. The molecule has 6 heteroatoms. The zero-order chi connectivity index (χ0) is 21.7. The molecule has 1 aromatic carbocycles. The van der Waals surface area contributed by atoms with Gasteiger partial charge in [0.25, 0.3) is 0 Å². The summed E-state index contributed by atoms with van der Waals surface area (Å²) in [6.45, 7) is 5.30. The monoisotopic (exact) mass is 428 g/mol. The normalized spacial score (nSPS) is 25.2. The molecular formula is C25H36N2O4. The number of benzene rings is 1. The molecule has 4 rings (SSSR count). The van der Waals surface area contributed by atoms with Gasteiger partial charge in [0, 0.05) is 51.2 Å². The van der Waals surface area contributed by atoms with E-state index in [0.717, 1.165) is 58.5 Å². The van der Waals surface area contributed by atoms with Gasteiger partial charge in [-0.05, 0) is 62.1 Å². The molecule has 1 unspecified atom stereocenters. The first kappa shape index (κ1) is 22.3. The molecule has 1 atom stereocenters. The van der Waals surface area contributed by atoms with Crippen LogP contribution >= 0.6 is 0 Å². The fourth-order valence-electron chi connectivity index (χ4n) is 5.69. The minimum atomic E-state index is -0.833. The van der Waals surface area contributed by atoms with E-state index in [1.54, 1.807) is 0 Å². The maximum absolute atomic E-state index is 13.2. The molecule has 1 aromatic rings. The van der Waals surface area contributed by atoms with Crippen molar-refractivity contribution in [3.63, 3.8) is 0 Å². The molecule has 2 fully saturated rings. The Morgan fingerprint density at radius 3 is 2.65 bits per heavy atom. The molecule has 31 heavy (non-hydrogen) atoms. The molecule has 0 aliphatic carbocycles. The number of rotatable bonds is 6. The summed E-state index contributed by atoms with van der Waals surface area (Å²) < 4.78 is 5.58. The highest BCUT2D eigenvalue weighted by molar-refractivity contribution is 5.77. The average molecular weight is 429 g/mol. The maximum atomic E-state index is 13.2. The molecule has 1 amide bonds. The van der Waals surface area contributed by atoms with Gasteiger partial charge in [-0.2, -0.15) is 0 Å². The Bertz CT molecular complexity index is 777. The molecule has 6 nitrogen and oxygen atoms in total. The molecule has 3 aliphatic heterocycles. The summed E-state index contributed by atoms with van der Waals surface area (Å²) in [6.07, 6.45) is 7.55. The number of hydrogen-bond donors (Lipinski definition) is 1. The van der Waals surface area contributed by atoms with Crippen molar-refractivity contribution in [2.45, 2.75) is 69.9 Å². The summed E-state index contributed by atoms with van der Waals surface area (Å²) in [6, 6.07) is 8.56. The number of aliphatic carboxylic acids is 1. The molecule has 3 aliphatic rings. The molecule has 0 radical (unpaired) electrons. The summed E-state index contributed by atoms with van der Waals surface area (Å²) in [5.74, 6) is -0.0729. The predicted molar refractivity (Wildman–Crippen MR) is 119 cm³/mol. The average Bonchev–Trinajstić information content (AvgIpc) is 2.93. The Hall–Kier alpha value is -1.92. The summed E-state index contributed by atoms with van der Waals surface area (Å²) >= 11 is 0. The fourth-order valence-corrected chi connectivity index (χ4v) is 5.69. The van der Waals surface area contributed by atoms with Crippen molar-refractivity contribution in [2.75, 3.05) is 32.8 Å². The number of ether oxygens (including phenoxy) is 1. The number of piperidine rings is 1. The smallest absolute Gasteiger partial charge is 0.303 e. The number of amides is 1. The lowest BCUT2D eigenvalue weighted by molar-refractivity contribution is -0.137. The van der Waals surface area contributed by atoms with Crippen molar-refractivity contribution in [1.29, 1.82) is 0 Å². The summed E-state index contributed by atoms with van der Waals surface area (Å²) in [7, 11) is 0. The third-order valence-electron chi connectivity index (χ3n) is 7.43. The topological polar surface area (TPSA) is 70.1 Å². The molecule has 1 N–H and O–H groups in total. The fraction of sp³-hybridized carbons (Fsp3) is 0.680. The first-order valence-corrected chi connectivity index (χ1v) is 11.9. The van der Waals surface area contributed by atoms with Crippen molar-refractivity contribution in [3.05, 3.63) is 35.4 Å². The molecule has 170 valence electrons. The lowest BCUT2D eigenvalue weighted by atomic mass is 9.79. The van der Waals surface area contributed by atoms with E-state index in [2.05, 4.69) is 29.2 Å². The van der Waals surface area contributed by atoms with E-state index in [1.807, 2.05) is 4.90 Å². The van der Waals surface area contributed by atoms with Crippen molar-refractivity contribution >= 4 is 11.9 Å². The van der Waals surface area contributed by atoms with Crippen LogP contribution in [0.5, 0.6) is 0 Å². The van der Waals surface area contributed by atoms with Crippen molar-refractivity contribution in [1.82, 2.24) is 9.80 Å². The van der Waals surface area contributed by atoms with Gasteiger partial charge in [-0.3, -0.25) is 14.5 Å². The van der Waals surface area contributed by atoms with Crippen LogP contribution in [0.3, 0.4) is 0 Å². The Balaban J connectivity index is 1.57. The van der Waals surface area contributed by atoms with Gasteiger partial charge in [0.2, 0.25) is 5.91 Å². The van der Waals surface area contributed by atoms with Crippen LogP contribution in [-0.4, -0.2) is 65.2 Å². The zero-order valence-electron chi connectivity index (χ0n) is 18.6. The minimum absolute atomic E-state index is 0.0222. The Labute approximate surface area is 185 Å². The van der Waals surface area contributed by atoms with Crippen LogP contribution in [0.2, 0.25) is 0 Å². The molecule has 0 aromatic heterocycles. The Morgan fingerprint density at radius 1 is 1.10 bits per heavy atom. The van der Waals surface area contributed by atoms with Crippen LogP contribution in [0, 0.1) is 5.92 Å². The first-order valence-electron chi connectivity index (χ1n) is 11.9. The first-order chi connectivity index (χ1) is 15.1. The van der Waals surface area contributed by atoms with Gasteiger partial charge >= 0.3 is 5.97 Å². The minimum Gasteiger partial charge on any atom is -0.481 e. The largest absolute Gasteiger partial charge is 0.481 e. The second kappa shape index (κ2) is 10.1. The molecule has 0 bridgehead atoms. The molecule has 3 heterocycles. The predicted octanol–water partition coefficient (Wildman–Crippen LogP) is 3.48. The second-order valence-corrected chi connectivity index (χ2v) is 9.63. The van der Waals surface area contributed by atoms with Gasteiger partial charge in [0.05, 0.1) is 0 Å². The van der Waals surface area contributed by atoms with E-state index in [-0.39, 0.29) is 17.9 Å².